The van der Waals surface area contributed by atoms with Crippen molar-refractivity contribution < 1.29 is 9.90 Å². The molecule has 32 heavy (non-hydrogen) atoms. The molecule has 10 nitrogen and oxygen atoms in total. The molecule has 1 saturated heterocycles. The highest BCUT2D eigenvalue weighted by Gasteiger charge is 2.45. The molecule has 5 rings (SSSR count). The molecule has 5 heterocycles. The normalized spacial score (nSPS) is 18.3. The summed E-state index contributed by atoms with van der Waals surface area (Å²) in [5, 5.41) is 20.8. The van der Waals surface area contributed by atoms with Gasteiger partial charge in [-0.25, -0.2) is 15.0 Å². The van der Waals surface area contributed by atoms with E-state index in [9.17, 15) is 9.90 Å². The molecule has 1 aliphatic heterocycles. The van der Waals surface area contributed by atoms with Crippen molar-refractivity contribution >= 4 is 29.0 Å². The Hall–Kier alpha value is -3.70. The quantitative estimate of drug-likeness (QED) is 0.476. The molecule has 0 unspecified atom stereocenters. The topological polar surface area (TPSA) is 122 Å². The zero-order chi connectivity index (χ0) is 22.3. The molecule has 162 valence electrons. The van der Waals surface area contributed by atoms with Crippen LogP contribution in [0.4, 0.5) is 11.8 Å². The first-order valence-corrected chi connectivity index (χ1v) is 10.8. The molecular weight excluding hydrogens is 428 g/mol. The van der Waals surface area contributed by atoms with Gasteiger partial charge in [-0.05, 0) is 23.8 Å². The van der Waals surface area contributed by atoms with Crippen LogP contribution in [0.25, 0.3) is 22.1 Å². The number of hydrogen-bond acceptors (Lipinski definition) is 9. The number of aryl methyl sites for hydroxylation is 1. The van der Waals surface area contributed by atoms with E-state index < -0.39 is 5.60 Å². The molecule has 0 aliphatic carbocycles. The lowest BCUT2D eigenvalue weighted by atomic mass is 9.92. The van der Waals surface area contributed by atoms with Gasteiger partial charge in [0, 0.05) is 50.9 Å². The van der Waals surface area contributed by atoms with Crippen LogP contribution in [0.5, 0.6) is 0 Å². The lowest BCUT2D eigenvalue weighted by molar-refractivity contribution is -0.143. The van der Waals surface area contributed by atoms with Crippen molar-refractivity contribution in [3.63, 3.8) is 0 Å². The van der Waals surface area contributed by atoms with Gasteiger partial charge < -0.3 is 15.3 Å². The number of rotatable bonds is 5. The summed E-state index contributed by atoms with van der Waals surface area (Å²) in [6.07, 6.45) is 5.29. The number of pyridine rings is 1. The Morgan fingerprint density at radius 2 is 1.91 bits per heavy atom. The number of carbonyl (C=O) groups excluding carboxylic acids is 1. The van der Waals surface area contributed by atoms with Crippen LogP contribution < -0.4 is 5.32 Å². The first kappa shape index (κ1) is 20.2. The number of likely N-dealkylation sites (tertiary alicyclic amines) is 1. The van der Waals surface area contributed by atoms with Crippen LogP contribution >= 0.6 is 11.3 Å². The monoisotopic (exact) mass is 448 g/mol. The molecule has 4 aromatic heterocycles. The number of anilines is 2. The van der Waals surface area contributed by atoms with E-state index in [1.165, 1.54) is 16.2 Å². The van der Waals surface area contributed by atoms with Crippen LogP contribution in [-0.4, -0.2) is 59.2 Å². The van der Waals surface area contributed by atoms with Crippen molar-refractivity contribution in [3.8, 4) is 22.1 Å². The maximum Gasteiger partial charge on any atom is 0.258 e. The molecular formula is C21H20N8O2S. The highest BCUT2D eigenvalue weighted by atomic mass is 32.1. The van der Waals surface area contributed by atoms with Crippen LogP contribution in [0.15, 0.2) is 48.2 Å². The smallest absolute Gasteiger partial charge is 0.258 e. The molecule has 1 amide bonds. The number of likely N-dealkylation sites (N-methyl/N-ethyl adjacent to an activating group) is 1. The van der Waals surface area contributed by atoms with Crippen LogP contribution in [0.2, 0.25) is 0 Å². The molecule has 0 radical (unpaired) electrons. The van der Waals surface area contributed by atoms with E-state index in [4.69, 9.17) is 0 Å². The van der Waals surface area contributed by atoms with E-state index in [1.807, 2.05) is 18.5 Å². The predicted molar refractivity (Wildman–Crippen MR) is 119 cm³/mol. The Morgan fingerprint density at radius 3 is 2.66 bits per heavy atom. The minimum atomic E-state index is -1.52. The van der Waals surface area contributed by atoms with Gasteiger partial charge in [0.15, 0.2) is 5.60 Å². The predicted octanol–water partition coefficient (Wildman–Crippen LogP) is 2.19. The van der Waals surface area contributed by atoms with Crippen molar-refractivity contribution in [1.82, 2.24) is 34.6 Å². The minimum Gasteiger partial charge on any atom is -0.375 e. The summed E-state index contributed by atoms with van der Waals surface area (Å²) in [5.41, 5.74) is 0.904. The van der Waals surface area contributed by atoms with Gasteiger partial charge in [0.25, 0.3) is 5.91 Å². The lowest BCUT2D eigenvalue weighted by Crippen LogP contribution is -2.36. The Morgan fingerprint density at radius 1 is 1.06 bits per heavy atom. The summed E-state index contributed by atoms with van der Waals surface area (Å²) in [6, 6.07) is 7.02. The van der Waals surface area contributed by atoms with E-state index in [-0.39, 0.29) is 5.91 Å². The van der Waals surface area contributed by atoms with E-state index in [0.717, 1.165) is 5.82 Å². The zero-order valence-corrected chi connectivity index (χ0v) is 18.2. The average Bonchev–Trinajstić information content (AvgIpc) is 3.52. The fourth-order valence-electron chi connectivity index (χ4n) is 3.61. The fourth-order valence-corrected chi connectivity index (χ4v) is 4.39. The summed E-state index contributed by atoms with van der Waals surface area (Å²) < 4.78 is 1.69. The molecule has 1 aliphatic rings. The van der Waals surface area contributed by atoms with Crippen LogP contribution in [0.1, 0.15) is 12.0 Å². The fraction of sp³-hybridized carbons (Fsp3) is 0.238. The van der Waals surface area contributed by atoms with Gasteiger partial charge in [-0.2, -0.15) is 5.10 Å². The zero-order valence-electron chi connectivity index (χ0n) is 17.4. The van der Waals surface area contributed by atoms with Gasteiger partial charge >= 0.3 is 0 Å². The Kier molecular flexibility index (Phi) is 4.91. The molecule has 2 N–H and O–H groups in total. The van der Waals surface area contributed by atoms with Gasteiger partial charge in [-0.1, -0.05) is 0 Å². The van der Waals surface area contributed by atoms with Crippen LogP contribution in [0.3, 0.4) is 0 Å². The van der Waals surface area contributed by atoms with Crippen molar-refractivity contribution in [2.45, 2.75) is 12.0 Å². The van der Waals surface area contributed by atoms with Crippen molar-refractivity contribution in [2.75, 3.05) is 18.9 Å². The Balaban J connectivity index is 1.42. The number of hydrogen-bond donors (Lipinski definition) is 2. The number of carbonyl (C=O) groups is 1. The summed E-state index contributed by atoms with van der Waals surface area (Å²) >= 11 is 1.43. The van der Waals surface area contributed by atoms with Gasteiger partial charge in [0.1, 0.15) is 22.2 Å². The van der Waals surface area contributed by atoms with Gasteiger partial charge in [-0.15, -0.1) is 11.3 Å². The number of aromatic nitrogens is 6. The van der Waals surface area contributed by atoms with E-state index >= 15 is 0 Å². The molecule has 0 bridgehead atoms. The minimum absolute atomic E-state index is 0.303. The number of nitrogens with one attached hydrogen (secondary N) is 1. The lowest BCUT2D eigenvalue weighted by Gasteiger charge is -2.21. The molecule has 4 aromatic rings. The van der Waals surface area contributed by atoms with E-state index in [0.29, 0.717) is 46.6 Å². The third kappa shape index (κ3) is 3.51. The standard InChI is InChI=1S/C21H20N8O2S/c1-28-10-6-21(31,19(28)30)13-3-7-22-15(11-13)16-12-32-18(25-16)14-4-8-23-20(26-14)27-17-5-9-24-29(17)2/h3-5,7-9,11-12,31H,6,10H2,1-2H3,(H,23,26,27)/t21-/m0/s1. The summed E-state index contributed by atoms with van der Waals surface area (Å²) in [4.78, 5) is 31.9. The van der Waals surface area contributed by atoms with Crippen LogP contribution in [-0.2, 0) is 17.4 Å². The largest absolute Gasteiger partial charge is 0.375 e. The number of nitrogens with zero attached hydrogens (tertiary/aromatic N) is 7. The summed E-state index contributed by atoms with van der Waals surface area (Å²) in [6.45, 7) is 0.511. The maximum absolute atomic E-state index is 12.4. The first-order valence-electron chi connectivity index (χ1n) is 9.93. The highest BCUT2D eigenvalue weighted by molar-refractivity contribution is 7.13. The third-order valence-electron chi connectivity index (χ3n) is 5.45. The average molecular weight is 449 g/mol. The second-order valence-electron chi connectivity index (χ2n) is 7.54. The number of aliphatic hydroxyl groups is 1. The Bertz CT molecular complexity index is 1300. The highest BCUT2D eigenvalue weighted by Crippen LogP contribution is 2.34. The van der Waals surface area contributed by atoms with E-state index in [1.54, 1.807) is 48.5 Å². The number of amides is 1. The second-order valence-corrected chi connectivity index (χ2v) is 8.39. The van der Waals surface area contributed by atoms with E-state index in [2.05, 4.69) is 30.4 Å². The van der Waals surface area contributed by atoms with Crippen molar-refractivity contribution in [1.29, 1.82) is 0 Å². The molecule has 1 fully saturated rings. The molecule has 0 aromatic carbocycles. The molecule has 0 saturated carbocycles. The molecule has 0 spiro atoms. The molecule has 11 heteroatoms. The van der Waals surface area contributed by atoms with Gasteiger partial charge in [-0.3, -0.25) is 14.5 Å². The van der Waals surface area contributed by atoms with Crippen molar-refractivity contribution in [2.24, 2.45) is 7.05 Å². The summed E-state index contributed by atoms with van der Waals surface area (Å²) in [5.74, 6) is 0.908. The second kappa shape index (κ2) is 7.77. The third-order valence-corrected chi connectivity index (χ3v) is 6.31. The first-order chi connectivity index (χ1) is 15.4. The van der Waals surface area contributed by atoms with Gasteiger partial charge in [0.2, 0.25) is 5.95 Å². The van der Waals surface area contributed by atoms with Crippen molar-refractivity contribution in [3.05, 3.63) is 53.8 Å². The maximum atomic E-state index is 12.4. The molecule has 1 atom stereocenters. The SMILES string of the molecule is CN1CC[C@](O)(c2ccnc(-c3csc(-c4ccnc(Nc5ccnn5C)n4)n3)c2)C1=O. The van der Waals surface area contributed by atoms with Crippen LogP contribution in [0, 0.1) is 0 Å². The Labute approximate surface area is 187 Å². The summed E-state index contributed by atoms with van der Waals surface area (Å²) in [7, 11) is 3.52. The number of thiazole rings is 1. The van der Waals surface area contributed by atoms with Gasteiger partial charge in [0.05, 0.1) is 11.9 Å².